The number of carbonyl (C=O) groups excluding carboxylic acids is 2. The molecule has 7 nitrogen and oxygen atoms in total. The second-order valence-electron chi connectivity index (χ2n) is 4.91. The van der Waals surface area contributed by atoms with Crippen LogP contribution in [0.5, 0.6) is 0 Å². The van der Waals surface area contributed by atoms with Crippen LogP contribution in [-0.2, 0) is 10.5 Å². The maximum absolute atomic E-state index is 12.3. The van der Waals surface area contributed by atoms with Crippen molar-refractivity contribution in [3.05, 3.63) is 69.8 Å². The standard InChI is InChI=1S/C16H15N3O4S/c1-11(20)18(17)16(21)14-8-7-13(19(22)23)9-15(14)24-10-12-5-3-2-4-6-12/h2-9H,10,17H2,1H3. The molecule has 0 fully saturated rings. The van der Waals surface area contributed by atoms with Gasteiger partial charge in [-0.15, -0.1) is 11.8 Å². The summed E-state index contributed by atoms with van der Waals surface area (Å²) in [6.07, 6.45) is 0. The fourth-order valence-electron chi connectivity index (χ4n) is 1.93. The van der Waals surface area contributed by atoms with E-state index in [2.05, 4.69) is 0 Å². The van der Waals surface area contributed by atoms with E-state index in [9.17, 15) is 19.7 Å². The van der Waals surface area contributed by atoms with Crippen LogP contribution in [0.25, 0.3) is 0 Å². The zero-order valence-electron chi connectivity index (χ0n) is 12.8. The van der Waals surface area contributed by atoms with Gasteiger partial charge in [-0.3, -0.25) is 19.7 Å². The van der Waals surface area contributed by atoms with Crippen LogP contribution in [0, 0.1) is 10.1 Å². The lowest BCUT2D eigenvalue weighted by atomic mass is 10.2. The van der Waals surface area contributed by atoms with Crippen molar-refractivity contribution in [2.45, 2.75) is 17.6 Å². The van der Waals surface area contributed by atoms with Gasteiger partial charge < -0.3 is 0 Å². The summed E-state index contributed by atoms with van der Waals surface area (Å²) < 4.78 is 0. The molecular formula is C16H15N3O4S. The highest BCUT2D eigenvalue weighted by Gasteiger charge is 2.22. The number of nitrogens with two attached hydrogens (primary N) is 1. The van der Waals surface area contributed by atoms with Gasteiger partial charge in [-0.2, -0.15) is 0 Å². The smallest absolute Gasteiger partial charge is 0.273 e. The number of nitrogens with zero attached hydrogens (tertiary/aromatic N) is 2. The third-order valence-electron chi connectivity index (χ3n) is 3.20. The van der Waals surface area contributed by atoms with E-state index in [0.717, 1.165) is 5.56 Å². The molecule has 2 amide bonds. The van der Waals surface area contributed by atoms with Crippen molar-refractivity contribution in [3.63, 3.8) is 0 Å². The third-order valence-corrected chi connectivity index (χ3v) is 4.33. The molecule has 124 valence electrons. The number of nitro groups is 1. The zero-order valence-corrected chi connectivity index (χ0v) is 13.7. The van der Waals surface area contributed by atoms with Crippen molar-refractivity contribution in [2.24, 2.45) is 5.84 Å². The molecule has 0 aliphatic rings. The summed E-state index contributed by atoms with van der Waals surface area (Å²) in [5.41, 5.74) is 1.02. The van der Waals surface area contributed by atoms with Crippen molar-refractivity contribution >= 4 is 29.3 Å². The molecule has 0 heterocycles. The fraction of sp³-hybridized carbons (Fsp3) is 0.125. The van der Waals surface area contributed by atoms with Gasteiger partial charge in [0.1, 0.15) is 0 Å². The van der Waals surface area contributed by atoms with Gasteiger partial charge in [-0.1, -0.05) is 30.3 Å². The molecule has 0 saturated carbocycles. The highest BCUT2D eigenvalue weighted by Crippen LogP contribution is 2.30. The molecule has 2 rings (SSSR count). The molecule has 0 radical (unpaired) electrons. The molecule has 0 bridgehead atoms. The summed E-state index contributed by atoms with van der Waals surface area (Å²) in [5.74, 6) is 4.66. The monoisotopic (exact) mass is 345 g/mol. The van der Waals surface area contributed by atoms with Gasteiger partial charge in [0.05, 0.1) is 10.5 Å². The van der Waals surface area contributed by atoms with Gasteiger partial charge in [0.25, 0.3) is 11.6 Å². The Morgan fingerprint density at radius 2 is 1.88 bits per heavy atom. The molecule has 0 unspecified atom stereocenters. The second-order valence-corrected chi connectivity index (χ2v) is 5.92. The number of hydrogen-bond donors (Lipinski definition) is 1. The lowest BCUT2D eigenvalue weighted by Crippen LogP contribution is -2.41. The predicted octanol–water partition coefficient (Wildman–Crippen LogP) is 2.75. The number of amides is 2. The van der Waals surface area contributed by atoms with Gasteiger partial charge in [-0.05, 0) is 11.6 Å². The summed E-state index contributed by atoms with van der Waals surface area (Å²) in [7, 11) is 0. The van der Waals surface area contributed by atoms with Crippen molar-refractivity contribution in [3.8, 4) is 0 Å². The Bertz CT molecular complexity index is 780. The average molecular weight is 345 g/mol. The minimum atomic E-state index is -0.701. The van der Waals surface area contributed by atoms with E-state index in [1.165, 1.54) is 36.9 Å². The quantitative estimate of drug-likeness (QED) is 0.294. The topological polar surface area (TPSA) is 107 Å². The van der Waals surface area contributed by atoms with Crippen molar-refractivity contribution < 1.29 is 14.5 Å². The summed E-state index contributed by atoms with van der Waals surface area (Å²) in [5, 5.41) is 11.5. The van der Waals surface area contributed by atoms with Crippen LogP contribution < -0.4 is 5.84 Å². The maximum Gasteiger partial charge on any atom is 0.275 e. The fourth-order valence-corrected chi connectivity index (χ4v) is 2.96. The normalized spacial score (nSPS) is 10.2. The Kier molecular flexibility index (Phi) is 5.67. The van der Waals surface area contributed by atoms with Crippen LogP contribution in [0.1, 0.15) is 22.8 Å². The third kappa shape index (κ3) is 4.18. The summed E-state index contributed by atoms with van der Waals surface area (Å²) in [6.45, 7) is 1.17. The largest absolute Gasteiger partial charge is 0.275 e. The number of benzene rings is 2. The van der Waals surface area contributed by atoms with Crippen molar-refractivity contribution in [1.29, 1.82) is 0 Å². The molecule has 2 N–H and O–H groups in total. The number of hydrazine groups is 1. The summed E-state index contributed by atoms with van der Waals surface area (Å²) in [4.78, 5) is 34.4. The van der Waals surface area contributed by atoms with Crippen LogP contribution in [0.3, 0.4) is 0 Å². The van der Waals surface area contributed by atoms with E-state index in [-0.39, 0.29) is 11.3 Å². The van der Waals surface area contributed by atoms with E-state index in [1.807, 2.05) is 30.3 Å². The lowest BCUT2D eigenvalue weighted by Gasteiger charge is -2.15. The summed E-state index contributed by atoms with van der Waals surface area (Å²) >= 11 is 1.27. The molecule has 24 heavy (non-hydrogen) atoms. The Balaban J connectivity index is 2.34. The van der Waals surface area contributed by atoms with Crippen LogP contribution in [0.2, 0.25) is 0 Å². The number of nitro benzene ring substituents is 1. The zero-order chi connectivity index (χ0) is 17.7. The number of hydrogen-bond acceptors (Lipinski definition) is 6. The summed E-state index contributed by atoms with van der Waals surface area (Å²) in [6, 6.07) is 13.3. The van der Waals surface area contributed by atoms with Gasteiger partial charge >= 0.3 is 0 Å². The molecule has 0 aliphatic carbocycles. The first-order valence-corrected chi connectivity index (χ1v) is 7.93. The Labute approximate surface area is 142 Å². The molecule has 2 aromatic carbocycles. The molecular weight excluding hydrogens is 330 g/mol. The van der Waals surface area contributed by atoms with Gasteiger partial charge in [-0.25, -0.2) is 10.9 Å². The molecule has 0 spiro atoms. The van der Waals surface area contributed by atoms with E-state index in [4.69, 9.17) is 5.84 Å². The van der Waals surface area contributed by atoms with Crippen LogP contribution >= 0.6 is 11.8 Å². The molecule has 0 aromatic heterocycles. The number of carbonyl (C=O) groups is 2. The minimum absolute atomic E-state index is 0.131. The molecule has 8 heteroatoms. The molecule has 0 atom stereocenters. The van der Waals surface area contributed by atoms with Gasteiger partial charge in [0.2, 0.25) is 5.91 Å². The first kappa shape index (κ1) is 17.6. The first-order valence-electron chi connectivity index (χ1n) is 6.95. The Morgan fingerprint density at radius 3 is 2.46 bits per heavy atom. The van der Waals surface area contributed by atoms with E-state index in [0.29, 0.717) is 15.7 Å². The van der Waals surface area contributed by atoms with Crippen molar-refractivity contribution in [1.82, 2.24) is 5.01 Å². The maximum atomic E-state index is 12.3. The van der Waals surface area contributed by atoms with E-state index in [1.54, 1.807) is 0 Å². The number of non-ortho nitro benzene ring substituents is 1. The number of imide groups is 1. The van der Waals surface area contributed by atoms with E-state index < -0.39 is 16.7 Å². The Morgan fingerprint density at radius 1 is 1.21 bits per heavy atom. The number of rotatable bonds is 5. The number of thioether (sulfide) groups is 1. The van der Waals surface area contributed by atoms with Crippen LogP contribution in [0.4, 0.5) is 5.69 Å². The second kappa shape index (κ2) is 7.71. The van der Waals surface area contributed by atoms with E-state index >= 15 is 0 Å². The van der Waals surface area contributed by atoms with Crippen LogP contribution in [-0.4, -0.2) is 21.7 Å². The molecule has 0 saturated heterocycles. The van der Waals surface area contributed by atoms with Gasteiger partial charge in [0, 0.05) is 29.7 Å². The highest BCUT2D eigenvalue weighted by atomic mass is 32.2. The lowest BCUT2D eigenvalue weighted by molar-refractivity contribution is -0.385. The average Bonchev–Trinajstić information content (AvgIpc) is 2.59. The molecule has 2 aromatic rings. The minimum Gasteiger partial charge on any atom is -0.273 e. The Hall–Kier alpha value is -2.71. The van der Waals surface area contributed by atoms with Gasteiger partial charge in [0.15, 0.2) is 0 Å². The predicted molar refractivity (Wildman–Crippen MR) is 90.1 cm³/mol. The first-order chi connectivity index (χ1) is 11.4. The van der Waals surface area contributed by atoms with Crippen molar-refractivity contribution in [2.75, 3.05) is 0 Å². The molecule has 0 aliphatic heterocycles. The van der Waals surface area contributed by atoms with Crippen LogP contribution in [0.15, 0.2) is 53.4 Å². The highest BCUT2D eigenvalue weighted by molar-refractivity contribution is 7.98. The SMILES string of the molecule is CC(=O)N(N)C(=O)c1ccc([N+](=O)[O-])cc1SCc1ccccc1.